The Morgan fingerprint density at radius 3 is 2.62 bits per heavy atom. The van der Waals surface area contributed by atoms with Gasteiger partial charge in [0.2, 0.25) is 0 Å². The van der Waals surface area contributed by atoms with Gasteiger partial charge in [-0.25, -0.2) is 5.43 Å². The lowest BCUT2D eigenvalue weighted by Gasteiger charge is -2.07. The van der Waals surface area contributed by atoms with Gasteiger partial charge in [0.15, 0.2) is 0 Å². The molecule has 0 bridgehead atoms. The van der Waals surface area contributed by atoms with Gasteiger partial charge in [0.1, 0.15) is 5.75 Å². The Morgan fingerprint density at radius 1 is 1.23 bits per heavy atom. The summed E-state index contributed by atoms with van der Waals surface area (Å²) in [7, 11) is 0. The molecule has 2 aromatic carbocycles. The number of nitro benzene ring substituents is 1. The molecule has 0 spiro atoms. The molecule has 0 saturated carbocycles. The fraction of sp³-hybridized carbons (Fsp3) is 0.222. The van der Waals surface area contributed by atoms with E-state index >= 15 is 0 Å². The van der Waals surface area contributed by atoms with Crippen molar-refractivity contribution in [3.63, 3.8) is 0 Å². The molecule has 1 amide bonds. The van der Waals surface area contributed by atoms with Crippen molar-refractivity contribution in [1.29, 1.82) is 0 Å². The zero-order valence-electron chi connectivity index (χ0n) is 14.6. The predicted molar refractivity (Wildman–Crippen MR) is 99.6 cm³/mol. The van der Waals surface area contributed by atoms with Crippen molar-refractivity contribution >= 4 is 23.0 Å². The van der Waals surface area contributed by atoms with Gasteiger partial charge < -0.3 is 10.1 Å². The molecule has 8 heteroatoms. The highest BCUT2D eigenvalue weighted by Crippen LogP contribution is 2.15. The highest BCUT2D eigenvalue weighted by molar-refractivity contribution is 5.99. The van der Waals surface area contributed by atoms with E-state index in [4.69, 9.17) is 4.74 Å². The first-order chi connectivity index (χ1) is 12.5. The van der Waals surface area contributed by atoms with Crippen LogP contribution in [0.1, 0.15) is 19.4 Å². The van der Waals surface area contributed by atoms with Crippen molar-refractivity contribution < 1.29 is 14.5 Å². The quantitative estimate of drug-likeness (QED) is 0.430. The van der Waals surface area contributed by atoms with E-state index in [2.05, 4.69) is 15.8 Å². The van der Waals surface area contributed by atoms with E-state index in [9.17, 15) is 14.9 Å². The van der Waals surface area contributed by atoms with Gasteiger partial charge in [-0.15, -0.1) is 0 Å². The summed E-state index contributed by atoms with van der Waals surface area (Å²) >= 11 is 0. The van der Waals surface area contributed by atoms with Crippen molar-refractivity contribution in [3.05, 3.63) is 64.2 Å². The molecule has 0 heterocycles. The zero-order valence-corrected chi connectivity index (χ0v) is 14.6. The Morgan fingerprint density at radius 2 is 1.96 bits per heavy atom. The molecule has 2 N–H and O–H groups in total. The molecule has 0 radical (unpaired) electrons. The van der Waals surface area contributed by atoms with Gasteiger partial charge in [-0.2, -0.15) is 5.10 Å². The van der Waals surface area contributed by atoms with Crippen LogP contribution in [-0.4, -0.2) is 29.7 Å². The van der Waals surface area contributed by atoms with Crippen LogP contribution in [0.2, 0.25) is 0 Å². The van der Waals surface area contributed by atoms with Crippen LogP contribution < -0.4 is 15.5 Å². The van der Waals surface area contributed by atoms with Crippen molar-refractivity contribution in [2.75, 3.05) is 18.5 Å². The summed E-state index contributed by atoms with van der Waals surface area (Å²) < 4.78 is 5.35. The van der Waals surface area contributed by atoms with E-state index < -0.39 is 4.92 Å². The summed E-state index contributed by atoms with van der Waals surface area (Å²) in [5.74, 6) is 0.434. The number of anilines is 1. The van der Waals surface area contributed by atoms with Crippen molar-refractivity contribution in [2.45, 2.75) is 13.8 Å². The number of nitro groups is 1. The molecule has 0 atom stereocenters. The number of nitrogens with zero attached hydrogens (tertiary/aromatic N) is 2. The smallest absolute Gasteiger partial charge is 0.270 e. The second-order valence-corrected chi connectivity index (χ2v) is 5.35. The first-order valence-corrected chi connectivity index (χ1v) is 8.04. The van der Waals surface area contributed by atoms with Crippen molar-refractivity contribution in [3.8, 4) is 5.75 Å². The first-order valence-electron chi connectivity index (χ1n) is 8.04. The number of nitrogens with one attached hydrogen (secondary N) is 2. The summed E-state index contributed by atoms with van der Waals surface area (Å²) in [6.45, 7) is 4.21. The standard InChI is InChI=1S/C18H20N4O4/c1-3-26-17-9-7-15(8-10-17)19-12-18(23)21-20-13(2)14-5-4-6-16(11-14)22(24)25/h4-11,19H,3,12H2,1-2H3,(H,21,23)/b20-13-. The Bertz CT molecular complexity index is 803. The SMILES string of the molecule is CCOc1ccc(NCC(=O)N/N=C(/C)c2cccc([N+](=O)[O-])c2)cc1. The second-order valence-electron chi connectivity index (χ2n) is 5.35. The van der Waals surface area contributed by atoms with E-state index in [0.29, 0.717) is 17.9 Å². The number of hydrogen-bond donors (Lipinski definition) is 2. The molecule has 8 nitrogen and oxygen atoms in total. The number of ether oxygens (including phenoxy) is 1. The van der Waals surface area contributed by atoms with Gasteiger partial charge >= 0.3 is 0 Å². The highest BCUT2D eigenvalue weighted by atomic mass is 16.6. The van der Waals surface area contributed by atoms with Crippen LogP contribution in [0.3, 0.4) is 0 Å². The Hall–Kier alpha value is -3.42. The monoisotopic (exact) mass is 356 g/mol. The number of carbonyl (C=O) groups excluding carboxylic acids is 1. The number of benzene rings is 2. The summed E-state index contributed by atoms with van der Waals surface area (Å²) in [6, 6.07) is 13.3. The minimum atomic E-state index is -0.476. The van der Waals surface area contributed by atoms with E-state index in [1.54, 1.807) is 19.1 Å². The van der Waals surface area contributed by atoms with E-state index in [-0.39, 0.29) is 18.1 Å². The number of hydrogen-bond acceptors (Lipinski definition) is 6. The van der Waals surface area contributed by atoms with Gasteiger partial charge in [0.05, 0.1) is 23.8 Å². The lowest BCUT2D eigenvalue weighted by molar-refractivity contribution is -0.384. The third-order valence-corrected chi connectivity index (χ3v) is 3.44. The fourth-order valence-electron chi connectivity index (χ4n) is 2.11. The third kappa shape index (κ3) is 5.59. The highest BCUT2D eigenvalue weighted by Gasteiger charge is 2.08. The number of carbonyl (C=O) groups is 1. The average molecular weight is 356 g/mol. The summed E-state index contributed by atoms with van der Waals surface area (Å²) in [5, 5.41) is 17.8. The summed E-state index contributed by atoms with van der Waals surface area (Å²) in [6.07, 6.45) is 0. The van der Waals surface area contributed by atoms with Gasteiger partial charge in [-0.05, 0) is 38.1 Å². The van der Waals surface area contributed by atoms with Crippen LogP contribution in [0.4, 0.5) is 11.4 Å². The van der Waals surface area contributed by atoms with Crippen LogP contribution in [0.25, 0.3) is 0 Å². The summed E-state index contributed by atoms with van der Waals surface area (Å²) in [5.41, 5.74) is 4.22. The molecule has 2 rings (SSSR count). The van der Waals surface area contributed by atoms with Crippen LogP contribution in [0, 0.1) is 10.1 Å². The first kappa shape index (κ1) is 18.9. The molecule has 0 unspecified atom stereocenters. The number of non-ortho nitro benzene ring substituents is 1. The molecular weight excluding hydrogens is 336 g/mol. The average Bonchev–Trinajstić information content (AvgIpc) is 2.66. The van der Waals surface area contributed by atoms with Gasteiger partial charge in [-0.1, -0.05) is 12.1 Å². The van der Waals surface area contributed by atoms with E-state index in [1.165, 1.54) is 12.1 Å². The number of hydrazone groups is 1. The molecule has 0 fully saturated rings. The number of rotatable bonds is 8. The Labute approximate surface area is 151 Å². The van der Waals surface area contributed by atoms with Gasteiger partial charge in [0, 0.05) is 23.4 Å². The van der Waals surface area contributed by atoms with E-state index in [1.807, 2.05) is 31.2 Å². The maximum atomic E-state index is 11.9. The minimum Gasteiger partial charge on any atom is -0.494 e. The Balaban J connectivity index is 1.88. The lowest BCUT2D eigenvalue weighted by atomic mass is 10.1. The minimum absolute atomic E-state index is 0.0273. The maximum absolute atomic E-state index is 11.9. The van der Waals surface area contributed by atoms with Gasteiger partial charge in [0.25, 0.3) is 11.6 Å². The largest absolute Gasteiger partial charge is 0.494 e. The molecule has 0 aliphatic rings. The molecule has 136 valence electrons. The van der Waals surface area contributed by atoms with Gasteiger partial charge in [-0.3, -0.25) is 14.9 Å². The third-order valence-electron chi connectivity index (χ3n) is 3.44. The topological polar surface area (TPSA) is 106 Å². The Kier molecular flexibility index (Phi) is 6.67. The van der Waals surface area contributed by atoms with Crippen molar-refractivity contribution in [1.82, 2.24) is 5.43 Å². The maximum Gasteiger partial charge on any atom is 0.270 e. The molecule has 26 heavy (non-hydrogen) atoms. The molecule has 0 aliphatic carbocycles. The molecule has 0 saturated heterocycles. The van der Waals surface area contributed by atoms with Crippen LogP contribution in [0.5, 0.6) is 5.75 Å². The molecule has 0 aliphatic heterocycles. The van der Waals surface area contributed by atoms with Crippen LogP contribution in [-0.2, 0) is 4.79 Å². The summed E-state index contributed by atoms with van der Waals surface area (Å²) in [4.78, 5) is 22.2. The van der Waals surface area contributed by atoms with Crippen molar-refractivity contribution in [2.24, 2.45) is 5.10 Å². The molecular formula is C18H20N4O4. The predicted octanol–water partition coefficient (Wildman–Crippen LogP) is 2.95. The van der Waals surface area contributed by atoms with Crippen LogP contribution >= 0.6 is 0 Å². The van der Waals surface area contributed by atoms with Crippen LogP contribution in [0.15, 0.2) is 53.6 Å². The lowest BCUT2D eigenvalue weighted by Crippen LogP contribution is -2.26. The molecule has 0 aromatic heterocycles. The fourth-order valence-corrected chi connectivity index (χ4v) is 2.11. The van der Waals surface area contributed by atoms with E-state index in [0.717, 1.165) is 11.4 Å². The molecule has 2 aromatic rings. The zero-order chi connectivity index (χ0) is 18.9. The normalized spacial score (nSPS) is 10.9. The second kappa shape index (κ2) is 9.16. The number of amides is 1.